The number of rotatable bonds is 1. The van der Waals surface area contributed by atoms with Gasteiger partial charge in [0.25, 0.3) is 0 Å². The number of aromatic nitrogens is 1. The van der Waals surface area contributed by atoms with Crippen LogP contribution in [0.2, 0.25) is 0 Å². The Labute approximate surface area is 90.1 Å². The predicted octanol–water partition coefficient (Wildman–Crippen LogP) is 2.74. The smallest absolute Gasteiger partial charge is 0.0708 e. The molecule has 0 spiro atoms. The Balaban J connectivity index is 2.83. The quantitative estimate of drug-likeness (QED) is 0.768. The Morgan fingerprint density at radius 1 is 1.20 bits per heavy atom. The number of nitrogens with two attached hydrogens (primary N) is 1. The van der Waals surface area contributed by atoms with Gasteiger partial charge in [-0.2, -0.15) is 0 Å². The highest BCUT2D eigenvalue weighted by Gasteiger charge is 2.17. The topological polar surface area (TPSA) is 38.9 Å². The zero-order valence-corrected chi connectivity index (χ0v) is 9.41. The SMILES string of the molecule is Cc1cc(C(C)(C)N)c2ccccc2n1. The molecule has 0 saturated carbocycles. The summed E-state index contributed by atoms with van der Waals surface area (Å²) in [6.45, 7) is 6.05. The van der Waals surface area contributed by atoms with Crippen LogP contribution < -0.4 is 5.73 Å². The molecule has 0 unspecified atom stereocenters. The van der Waals surface area contributed by atoms with Crippen LogP contribution in [0.3, 0.4) is 0 Å². The highest BCUT2D eigenvalue weighted by atomic mass is 14.7. The van der Waals surface area contributed by atoms with E-state index in [0.717, 1.165) is 22.2 Å². The lowest BCUT2D eigenvalue weighted by molar-refractivity contribution is 0.558. The molecule has 0 saturated heterocycles. The van der Waals surface area contributed by atoms with Crippen molar-refractivity contribution >= 4 is 10.9 Å². The first-order valence-electron chi connectivity index (χ1n) is 5.14. The lowest BCUT2D eigenvalue weighted by Crippen LogP contribution is -2.29. The van der Waals surface area contributed by atoms with Gasteiger partial charge in [-0.25, -0.2) is 0 Å². The number of aryl methyl sites for hydroxylation is 1. The number of fused-ring (bicyclic) bond motifs is 1. The van der Waals surface area contributed by atoms with Crippen LogP contribution in [0.4, 0.5) is 0 Å². The number of hydrogen-bond donors (Lipinski definition) is 1. The minimum absolute atomic E-state index is 0.326. The Morgan fingerprint density at radius 3 is 2.53 bits per heavy atom. The van der Waals surface area contributed by atoms with Gasteiger partial charge in [-0.05, 0) is 38.5 Å². The first-order valence-corrected chi connectivity index (χ1v) is 5.14. The molecule has 0 aliphatic rings. The molecule has 0 bridgehead atoms. The number of para-hydroxylation sites is 1. The first-order chi connectivity index (χ1) is 6.98. The third-order valence-corrected chi connectivity index (χ3v) is 2.54. The monoisotopic (exact) mass is 200 g/mol. The molecule has 0 radical (unpaired) electrons. The molecule has 78 valence electrons. The van der Waals surface area contributed by atoms with Crippen LogP contribution in [0.25, 0.3) is 10.9 Å². The van der Waals surface area contributed by atoms with Gasteiger partial charge in [0.15, 0.2) is 0 Å². The van der Waals surface area contributed by atoms with Gasteiger partial charge in [-0.15, -0.1) is 0 Å². The molecule has 1 heterocycles. The number of hydrogen-bond acceptors (Lipinski definition) is 2. The van der Waals surface area contributed by atoms with E-state index in [-0.39, 0.29) is 5.54 Å². The van der Waals surface area contributed by atoms with Crippen LogP contribution in [0, 0.1) is 6.92 Å². The molecule has 1 aromatic heterocycles. The van der Waals surface area contributed by atoms with Gasteiger partial charge in [-0.3, -0.25) is 4.98 Å². The summed E-state index contributed by atoms with van der Waals surface area (Å²) in [5.74, 6) is 0. The fourth-order valence-electron chi connectivity index (χ4n) is 1.84. The van der Waals surface area contributed by atoms with E-state index in [0.29, 0.717) is 0 Å². The molecule has 2 rings (SSSR count). The van der Waals surface area contributed by atoms with Crippen LogP contribution in [0.5, 0.6) is 0 Å². The summed E-state index contributed by atoms with van der Waals surface area (Å²) < 4.78 is 0. The van der Waals surface area contributed by atoms with E-state index < -0.39 is 0 Å². The molecule has 2 aromatic rings. The summed E-state index contributed by atoms with van der Waals surface area (Å²) in [5, 5.41) is 1.15. The zero-order valence-electron chi connectivity index (χ0n) is 9.41. The van der Waals surface area contributed by atoms with Crippen molar-refractivity contribution in [3.8, 4) is 0 Å². The number of nitrogens with zero attached hydrogens (tertiary/aromatic N) is 1. The summed E-state index contributed by atoms with van der Waals surface area (Å²) in [6, 6.07) is 10.2. The maximum atomic E-state index is 6.16. The van der Waals surface area contributed by atoms with Gasteiger partial charge in [0.05, 0.1) is 5.52 Å². The minimum atomic E-state index is -0.326. The van der Waals surface area contributed by atoms with E-state index in [4.69, 9.17) is 5.73 Å². The third kappa shape index (κ3) is 1.85. The normalized spacial score (nSPS) is 12.0. The molecule has 0 amide bonds. The number of pyridine rings is 1. The molecular formula is C13H16N2. The van der Waals surface area contributed by atoms with Gasteiger partial charge in [0.1, 0.15) is 0 Å². The predicted molar refractivity (Wildman–Crippen MR) is 63.7 cm³/mol. The lowest BCUT2D eigenvalue weighted by Gasteiger charge is -2.21. The molecule has 0 atom stereocenters. The van der Waals surface area contributed by atoms with Gasteiger partial charge in [0, 0.05) is 16.6 Å². The van der Waals surface area contributed by atoms with Gasteiger partial charge in [0.2, 0.25) is 0 Å². The van der Waals surface area contributed by atoms with Crippen molar-refractivity contribution in [1.82, 2.24) is 4.98 Å². The van der Waals surface area contributed by atoms with Crippen molar-refractivity contribution in [2.75, 3.05) is 0 Å². The van der Waals surface area contributed by atoms with E-state index in [1.165, 1.54) is 0 Å². The summed E-state index contributed by atoms with van der Waals surface area (Å²) in [7, 11) is 0. The van der Waals surface area contributed by atoms with Crippen molar-refractivity contribution in [3.63, 3.8) is 0 Å². The molecule has 0 aliphatic carbocycles. The van der Waals surface area contributed by atoms with Crippen LogP contribution in [-0.2, 0) is 5.54 Å². The molecule has 1 aromatic carbocycles. The molecule has 2 heteroatoms. The minimum Gasteiger partial charge on any atom is -0.322 e. The number of benzene rings is 1. The van der Waals surface area contributed by atoms with Gasteiger partial charge in [-0.1, -0.05) is 18.2 Å². The summed E-state index contributed by atoms with van der Waals surface area (Å²) in [4.78, 5) is 4.49. The second-order valence-corrected chi connectivity index (χ2v) is 4.55. The highest BCUT2D eigenvalue weighted by molar-refractivity contribution is 5.83. The van der Waals surface area contributed by atoms with E-state index in [2.05, 4.69) is 17.1 Å². The van der Waals surface area contributed by atoms with Gasteiger partial charge >= 0.3 is 0 Å². The maximum Gasteiger partial charge on any atom is 0.0708 e. The van der Waals surface area contributed by atoms with E-state index in [1.54, 1.807) is 0 Å². The van der Waals surface area contributed by atoms with Crippen LogP contribution >= 0.6 is 0 Å². The van der Waals surface area contributed by atoms with Crippen LogP contribution in [0.15, 0.2) is 30.3 Å². The fourth-order valence-corrected chi connectivity index (χ4v) is 1.84. The highest BCUT2D eigenvalue weighted by Crippen LogP contribution is 2.26. The van der Waals surface area contributed by atoms with Crippen LogP contribution in [0.1, 0.15) is 25.1 Å². The van der Waals surface area contributed by atoms with Crippen molar-refractivity contribution < 1.29 is 0 Å². The standard InChI is InChI=1S/C13H16N2/c1-9-8-11(13(2,3)14)10-6-4-5-7-12(10)15-9/h4-8H,14H2,1-3H3. The first kappa shape index (κ1) is 10.1. The van der Waals surface area contributed by atoms with Crippen molar-refractivity contribution in [2.45, 2.75) is 26.3 Å². The van der Waals surface area contributed by atoms with Crippen molar-refractivity contribution in [3.05, 3.63) is 41.6 Å². The maximum absolute atomic E-state index is 6.16. The molecule has 15 heavy (non-hydrogen) atoms. The summed E-state index contributed by atoms with van der Waals surface area (Å²) in [6.07, 6.45) is 0. The molecular weight excluding hydrogens is 184 g/mol. The fraction of sp³-hybridized carbons (Fsp3) is 0.308. The second kappa shape index (κ2) is 3.31. The van der Waals surface area contributed by atoms with E-state index >= 15 is 0 Å². The Kier molecular flexibility index (Phi) is 2.24. The Hall–Kier alpha value is -1.41. The van der Waals surface area contributed by atoms with Crippen molar-refractivity contribution in [1.29, 1.82) is 0 Å². The summed E-state index contributed by atoms with van der Waals surface area (Å²) >= 11 is 0. The summed E-state index contributed by atoms with van der Waals surface area (Å²) in [5.41, 5.74) is 9.03. The average Bonchev–Trinajstić information content (AvgIpc) is 2.15. The molecule has 2 N–H and O–H groups in total. The Morgan fingerprint density at radius 2 is 1.87 bits per heavy atom. The molecule has 0 fully saturated rings. The molecule has 2 nitrogen and oxygen atoms in total. The Bertz CT molecular complexity index is 495. The average molecular weight is 200 g/mol. The van der Waals surface area contributed by atoms with Gasteiger partial charge < -0.3 is 5.73 Å². The zero-order chi connectivity index (χ0) is 11.1. The van der Waals surface area contributed by atoms with E-state index in [1.807, 2.05) is 39.0 Å². The van der Waals surface area contributed by atoms with E-state index in [9.17, 15) is 0 Å². The van der Waals surface area contributed by atoms with Crippen molar-refractivity contribution in [2.24, 2.45) is 5.73 Å². The largest absolute Gasteiger partial charge is 0.322 e. The molecule has 0 aliphatic heterocycles. The van der Waals surface area contributed by atoms with Crippen LogP contribution in [-0.4, -0.2) is 4.98 Å². The third-order valence-electron chi connectivity index (χ3n) is 2.54. The lowest BCUT2D eigenvalue weighted by atomic mass is 9.92. The second-order valence-electron chi connectivity index (χ2n) is 4.55.